The van der Waals surface area contributed by atoms with Crippen LogP contribution in [0.3, 0.4) is 0 Å². The highest BCUT2D eigenvalue weighted by molar-refractivity contribution is 7.26. The Morgan fingerprint density at radius 3 is 0.681 bits per heavy atom. The third-order valence-electron chi connectivity index (χ3n) is 27.5. The SMILES string of the molecule is c1ccc(-c2nc(-c3ccccc3)nc(-c3ccc4c(c3)C3c5ccccc5C4c4cc(-c5nc(-c6ccccc6)nc(-c6cccc(-c7cccc8sc9ccccc9c78)c6)n5)ccc43)n2)cc1.c1ccc(-c2nc(-c3ccccc3)nc(-c3ccc4c(c3)C3c5ccccc5C4c4cc(-c5nc(-c6ccccc6)nc(-c6ccccc6-c6cccc7sc8ccccc8c67)n5)ccc43)n2)cc1. The van der Waals surface area contributed by atoms with Crippen LogP contribution in [0.5, 0.6) is 0 Å². The van der Waals surface area contributed by atoms with Crippen LogP contribution in [0.1, 0.15) is 90.4 Å². The Morgan fingerprint density at radius 2 is 0.348 bits per heavy atom. The molecule has 0 spiro atoms. The van der Waals surface area contributed by atoms with E-state index in [4.69, 9.17) is 59.8 Å². The van der Waals surface area contributed by atoms with E-state index in [1.165, 1.54) is 113 Å². The molecule has 6 aliphatic rings. The summed E-state index contributed by atoms with van der Waals surface area (Å²) in [5, 5.41) is 5.06. The van der Waals surface area contributed by atoms with Crippen molar-refractivity contribution in [2.75, 3.05) is 0 Å². The van der Waals surface area contributed by atoms with Gasteiger partial charge < -0.3 is 0 Å². The number of fused-ring (bicyclic) bond motifs is 6. The van der Waals surface area contributed by atoms with Crippen LogP contribution in [-0.2, 0) is 0 Å². The molecule has 0 radical (unpaired) electrons. The largest absolute Gasteiger partial charge is 0.208 e. The van der Waals surface area contributed by atoms with Gasteiger partial charge in [0, 0.05) is 131 Å². The van der Waals surface area contributed by atoms with Crippen LogP contribution in [0.4, 0.5) is 0 Å². The molecule has 4 unspecified atom stereocenters. The van der Waals surface area contributed by atoms with Crippen molar-refractivity contribution < 1.29 is 0 Å². The summed E-state index contributed by atoms with van der Waals surface area (Å²) in [6.45, 7) is 0. The van der Waals surface area contributed by atoms with Gasteiger partial charge in [0.2, 0.25) is 0 Å². The van der Waals surface area contributed by atoms with Gasteiger partial charge in [0.15, 0.2) is 69.9 Å². The van der Waals surface area contributed by atoms with Gasteiger partial charge in [-0.1, -0.05) is 382 Å². The van der Waals surface area contributed by atoms with Crippen LogP contribution < -0.4 is 0 Å². The zero-order valence-corrected chi connectivity index (χ0v) is 75.7. The molecule has 24 aromatic rings. The first kappa shape index (κ1) is 80.1. The molecule has 14 heteroatoms. The number of benzene rings is 18. The second-order valence-electron chi connectivity index (χ2n) is 35.5. The molecule has 4 bridgehead atoms. The number of rotatable bonds is 14. The van der Waals surface area contributed by atoms with Gasteiger partial charge in [0.05, 0.1) is 0 Å². The van der Waals surface area contributed by atoms with Crippen LogP contribution in [-0.4, -0.2) is 59.8 Å². The summed E-state index contributed by atoms with van der Waals surface area (Å²) in [6, 6.07) is 154. The molecule has 0 saturated carbocycles. The number of hydrogen-bond acceptors (Lipinski definition) is 14. The van der Waals surface area contributed by atoms with Crippen LogP contribution in [0, 0.1) is 0 Å². The molecule has 18 aromatic carbocycles. The molecule has 0 saturated heterocycles. The van der Waals surface area contributed by atoms with Gasteiger partial charge in [-0.3, -0.25) is 0 Å². The zero-order chi connectivity index (χ0) is 90.8. The van der Waals surface area contributed by atoms with Crippen LogP contribution in [0.15, 0.2) is 437 Å². The van der Waals surface area contributed by atoms with E-state index < -0.39 is 0 Å². The van der Waals surface area contributed by atoms with Gasteiger partial charge in [-0.15, -0.1) is 22.7 Å². The summed E-state index contributed by atoms with van der Waals surface area (Å²) in [5.41, 5.74) is 31.5. The molecule has 6 aliphatic carbocycles. The molecule has 30 rings (SSSR count). The molecule has 0 aliphatic heterocycles. The maximum atomic E-state index is 5.38. The maximum Gasteiger partial charge on any atom is 0.164 e. The molecule has 4 atom stereocenters. The van der Waals surface area contributed by atoms with Crippen molar-refractivity contribution in [3.63, 3.8) is 0 Å². The summed E-state index contributed by atoms with van der Waals surface area (Å²) >= 11 is 3.66. The minimum absolute atomic E-state index is 0.0138. The number of hydrogen-bond donors (Lipinski definition) is 0. The molecular formula is C124H76N12S2. The van der Waals surface area contributed by atoms with E-state index in [-0.39, 0.29) is 23.7 Å². The van der Waals surface area contributed by atoms with Gasteiger partial charge in [0.25, 0.3) is 0 Å². The summed E-state index contributed by atoms with van der Waals surface area (Å²) in [4.78, 5) is 61.9. The van der Waals surface area contributed by atoms with Crippen molar-refractivity contribution >= 4 is 63.0 Å². The quantitative estimate of drug-likeness (QED) is 0.102. The third kappa shape index (κ3) is 13.8. The van der Waals surface area contributed by atoms with E-state index in [0.717, 1.165) is 83.5 Å². The van der Waals surface area contributed by atoms with Crippen LogP contribution in [0.25, 0.3) is 199 Å². The summed E-state index contributed by atoms with van der Waals surface area (Å²) < 4.78 is 5.09. The Morgan fingerprint density at radius 1 is 0.130 bits per heavy atom. The van der Waals surface area contributed by atoms with Crippen molar-refractivity contribution in [3.8, 4) is 159 Å². The Bertz CT molecular complexity index is 8880. The first-order chi connectivity index (χ1) is 68.4. The van der Waals surface area contributed by atoms with Crippen molar-refractivity contribution in [2.45, 2.75) is 23.7 Å². The third-order valence-corrected chi connectivity index (χ3v) is 29.8. The van der Waals surface area contributed by atoms with Crippen molar-refractivity contribution in [1.82, 2.24) is 59.8 Å². The van der Waals surface area contributed by atoms with Gasteiger partial charge in [-0.2, -0.15) is 0 Å². The summed E-state index contributed by atoms with van der Waals surface area (Å²) in [6.07, 6.45) is 0. The van der Waals surface area contributed by atoms with Crippen LogP contribution >= 0.6 is 22.7 Å². The predicted octanol–water partition coefficient (Wildman–Crippen LogP) is 30.2. The Hall–Kier alpha value is -17.6. The average Bonchev–Trinajstić information content (AvgIpc) is 0.843. The lowest BCUT2D eigenvalue weighted by molar-refractivity contribution is 0.754. The zero-order valence-electron chi connectivity index (χ0n) is 74.1. The molecule has 0 fully saturated rings. The predicted molar refractivity (Wildman–Crippen MR) is 558 cm³/mol. The molecular weight excluding hydrogens is 1720 g/mol. The van der Waals surface area contributed by atoms with E-state index in [2.05, 4.69) is 328 Å². The first-order valence-electron chi connectivity index (χ1n) is 46.5. The Balaban J connectivity index is 0.000000139. The molecule has 6 aromatic heterocycles. The lowest BCUT2D eigenvalue weighted by Crippen LogP contribution is -2.27. The van der Waals surface area contributed by atoms with Crippen molar-refractivity contribution in [3.05, 3.63) is 504 Å². The second kappa shape index (κ2) is 33.3. The standard InChI is InChI=1S/2C62H38N6S/c1-4-17-37(18-5-1)57-63-58(38-19-6-2-7-20-38)65-60(64-57)40-31-33-46-50(35-40)54-44-24-11-12-25-45(44)55(46)51-36-41(32-34-47(51)54)61-66-59(39-21-8-3-9-22-39)67-62(68-61)48-26-13-10-23-42(48)43-28-16-30-53-56(43)49-27-14-15-29-52(49)69-53;1-4-16-37(17-5-1)57-63-58(38-18-6-2-7-19-38)66-61(65-57)42-30-32-47-50(35-42)54-45-24-10-11-25-46(45)55(47)51-36-43(31-33-48(51)54)62-67-59(39-20-8-3-9-21-39)64-60(68-62)41-23-14-22-40(34-41)44-27-15-29-53-56(44)49-26-12-13-28-52(49)69-53/h2*1-36,54-55H. The highest BCUT2D eigenvalue weighted by Gasteiger charge is 2.44. The highest BCUT2D eigenvalue weighted by atomic mass is 32.1. The fourth-order valence-electron chi connectivity index (χ4n) is 21.3. The topological polar surface area (TPSA) is 155 Å². The van der Waals surface area contributed by atoms with Crippen molar-refractivity contribution in [1.29, 1.82) is 0 Å². The molecule has 644 valence electrons. The first-order valence-corrected chi connectivity index (χ1v) is 48.1. The fourth-order valence-corrected chi connectivity index (χ4v) is 23.6. The van der Waals surface area contributed by atoms with E-state index in [1.54, 1.807) is 0 Å². The molecule has 0 amide bonds. The van der Waals surface area contributed by atoms with E-state index in [1.807, 2.05) is 132 Å². The normalized spacial score (nSPS) is 14.4. The Labute approximate surface area is 803 Å². The van der Waals surface area contributed by atoms with Gasteiger partial charge in [-0.05, 0) is 144 Å². The smallest absolute Gasteiger partial charge is 0.164 e. The van der Waals surface area contributed by atoms with E-state index in [9.17, 15) is 0 Å². The fraction of sp³-hybridized carbons (Fsp3) is 0.0323. The van der Waals surface area contributed by atoms with Gasteiger partial charge >= 0.3 is 0 Å². The van der Waals surface area contributed by atoms with Gasteiger partial charge in [0.1, 0.15) is 0 Å². The maximum absolute atomic E-state index is 5.38. The molecule has 138 heavy (non-hydrogen) atoms. The minimum atomic E-state index is 0.0138. The lowest BCUT2D eigenvalue weighted by Gasteiger charge is -2.42. The van der Waals surface area contributed by atoms with Crippen molar-refractivity contribution in [2.24, 2.45) is 0 Å². The lowest BCUT2D eigenvalue weighted by atomic mass is 9.61. The molecule has 0 N–H and O–H groups in total. The Kier molecular flexibility index (Phi) is 19.3. The summed E-state index contributed by atoms with van der Waals surface area (Å²) in [5.74, 6) is 7.80. The van der Waals surface area contributed by atoms with Gasteiger partial charge in [-0.25, -0.2) is 59.8 Å². The number of thiophene rings is 2. The van der Waals surface area contributed by atoms with Crippen LogP contribution in [0.2, 0.25) is 0 Å². The van der Waals surface area contributed by atoms with E-state index in [0.29, 0.717) is 69.9 Å². The van der Waals surface area contributed by atoms with E-state index >= 15 is 0 Å². The monoisotopic (exact) mass is 1800 g/mol. The second-order valence-corrected chi connectivity index (χ2v) is 37.6. The summed E-state index contributed by atoms with van der Waals surface area (Å²) in [7, 11) is 0. The average molecular weight is 1800 g/mol. The number of nitrogens with zero attached hydrogens (tertiary/aromatic N) is 12. The molecule has 12 nitrogen and oxygen atoms in total. The molecule has 6 heterocycles. The minimum Gasteiger partial charge on any atom is -0.208 e. The number of aromatic nitrogens is 12. The highest BCUT2D eigenvalue weighted by Crippen LogP contribution is 2.60.